The van der Waals surface area contributed by atoms with Gasteiger partial charge in [-0.1, -0.05) is 6.07 Å². The highest BCUT2D eigenvalue weighted by molar-refractivity contribution is 7.80. The molecule has 0 fully saturated rings. The Hall–Kier alpha value is -2.40. The maximum Gasteiger partial charge on any atom is 0.408 e. The molecule has 0 aliphatic heterocycles. The first kappa shape index (κ1) is 18.6. The van der Waals surface area contributed by atoms with Crippen LogP contribution in [0.15, 0.2) is 18.2 Å². The third-order valence-electron chi connectivity index (χ3n) is 2.79. The predicted octanol–water partition coefficient (Wildman–Crippen LogP) is 2.09. The van der Waals surface area contributed by atoms with Gasteiger partial charge in [-0.15, -0.1) is 0 Å². The van der Waals surface area contributed by atoms with Crippen molar-refractivity contribution >= 4 is 30.4 Å². The van der Waals surface area contributed by atoms with Gasteiger partial charge >= 0.3 is 12.1 Å². The number of anilines is 1. The number of hydrogen-bond acceptors (Lipinski definition) is 6. The van der Waals surface area contributed by atoms with E-state index in [-0.39, 0.29) is 5.69 Å². The molecule has 4 N–H and O–H groups in total. The van der Waals surface area contributed by atoms with Crippen molar-refractivity contribution in [1.82, 2.24) is 5.32 Å². The van der Waals surface area contributed by atoms with Gasteiger partial charge in [-0.05, 0) is 38.5 Å². The number of carboxylic acids is 1. The Morgan fingerprint density at radius 2 is 2.04 bits per heavy atom. The number of amides is 1. The maximum atomic E-state index is 11.8. The van der Waals surface area contributed by atoms with Crippen molar-refractivity contribution in [3.63, 3.8) is 0 Å². The van der Waals surface area contributed by atoms with Crippen LogP contribution in [0.2, 0.25) is 0 Å². The van der Waals surface area contributed by atoms with Gasteiger partial charge in [0, 0.05) is 5.69 Å². The number of rotatable bonds is 4. The van der Waals surface area contributed by atoms with Crippen molar-refractivity contribution < 1.29 is 19.4 Å². The van der Waals surface area contributed by atoms with Crippen molar-refractivity contribution in [1.29, 1.82) is 5.26 Å². The summed E-state index contributed by atoms with van der Waals surface area (Å²) in [6.07, 6.45) is -0.865. The monoisotopic (exact) mass is 337 g/mol. The number of nitriles is 1. The van der Waals surface area contributed by atoms with Crippen LogP contribution < -0.4 is 11.1 Å². The van der Waals surface area contributed by atoms with Crippen LogP contribution in [0.5, 0.6) is 0 Å². The second kappa shape index (κ2) is 7.24. The Morgan fingerprint density at radius 3 is 2.48 bits per heavy atom. The Balaban J connectivity index is 3.00. The van der Waals surface area contributed by atoms with E-state index in [1.807, 2.05) is 6.07 Å². The minimum Gasteiger partial charge on any atom is -0.480 e. The largest absolute Gasteiger partial charge is 0.480 e. The number of nitrogen functional groups attached to an aromatic ring is 1. The van der Waals surface area contributed by atoms with E-state index >= 15 is 0 Å². The van der Waals surface area contributed by atoms with Crippen molar-refractivity contribution in [3.8, 4) is 6.07 Å². The Morgan fingerprint density at radius 1 is 1.43 bits per heavy atom. The number of carbonyl (C=O) groups excluding carboxylic acids is 1. The minimum atomic E-state index is -1.34. The third kappa shape index (κ3) is 5.38. The molecule has 0 saturated carbocycles. The third-order valence-corrected chi connectivity index (χ3v) is 3.36. The van der Waals surface area contributed by atoms with Crippen LogP contribution in [0.4, 0.5) is 10.5 Å². The molecule has 1 unspecified atom stereocenters. The quantitative estimate of drug-likeness (QED) is 0.492. The van der Waals surface area contributed by atoms with E-state index in [0.717, 1.165) is 0 Å². The molecule has 0 aliphatic rings. The van der Waals surface area contributed by atoms with Crippen LogP contribution >= 0.6 is 12.6 Å². The van der Waals surface area contributed by atoms with Gasteiger partial charge in [-0.3, -0.25) is 0 Å². The van der Waals surface area contributed by atoms with Crippen molar-refractivity contribution in [2.24, 2.45) is 0 Å². The molecule has 124 valence electrons. The first-order valence-corrected chi connectivity index (χ1v) is 7.26. The van der Waals surface area contributed by atoms with E-state index in [2.05, 4.69) is 17.9 Å². The normalized spacial score (nSPS) is 13.5. The lowest BCUT2D eigenvalue weighted by Crippen LogP contribution is -2.45. The minimum absolute atomic E-state index is 0.223. The van der Waals surface area contributed by atoms with Gasteiger partial charge in [-0.25, -0.2) is 9.59 Å². The zero-order valence-electron chi connectivity index (χ0n) is 13.0. The number of nitrogens with two attached hydrogens (primary N) is 1. The molecule has 23 heavy (non-hydrogen) atoms. The van der Waals surface area contributed by atoms with E-state index in [4.69, 9.17) is 15.7 Å². The Kier molecular flexibility index (Phi) is 5.87. The molecule has 1 aromatic carbocycles. The second-order valence-corrected chi connectivity index (χ2v) is 6.42. The zero-order valence-corrected chi connectivity index (χ0v) is 13.9. The van der Waals surface area contributed by atoms with Gasteiger partial charge in [0.05, 0.1) is 16.9 Å². The summed E-state index contributed by atoms with van der Waals surface area (Å²) in [5, 5.41) is 19.5. The summed E-state index contributed by atoms with van der Waals surface area (Å²) in [4.78, 5) is 23.2. The lowest BCUT2D eigenvalue weighted by molar-refractivity contribution is -0.139. The SMILES string of the molecule is CC(C)(C)OC(=O)N[C@H](C(=O)O)C(S)c1ccc(C#N)cc1N. The number of carboxylic acid groups (broad SMARTS) is 1. The number of alkyl carbamates (subject to hydrolysis) is 1. The lowest BCUT2D eigenvalue weighted by Gasteiger charge is -2.25. The topological polar surface area (TPSA) is 125 Å². The molecule has 0 radical (unpaired) electrons. The predicted molar refractivity (Wildman–Crippen MR) is 88.1 cm³/mol. The van der Waals surface area contributed by atoms with E-state index in [0.29, 0.717) is 11.1 Å². The molecule has 0 spiro atoms. The summed E-state index contributed by atoms with van der Waals surface area (Å²) in [7, 11) is 0. The number of ether oxygens (including phenoxy) is 1. The van der Waals surface area contributed by atoms with Gasteiger partial charge in [0.1, 0.15) is 11.6 Å². The van der Waals surface area contributed by atoms with Crippen molar-refractivity contribution in [3.05, 3.63) is 29.3 Å². The zero-order chi connectivity index (χ0) is 17.8. The van der Waals surface area contributed by atoms with Crippen molar-refractivity contribution in [2.45, 2.75) is 37.7 Å². The number of carbonyl (C=O) groups is 2. The molecular formula is C15H19N3O4S. The van der Waals surface area contributed by atoms with Crippen LogP contribution in [0, 0.1) is 11.3 Å². The first-order chi connectivity index (χ1) is 10.5. The molecule has 1 amide bonds. The summed E-state index contributed by atoms with van der Waals surface area (Å²) in [6.45, 7) is 5.00. The fraction of sp³-hybridized carbons (Fsp3) is 0.400. The summed E-state index contributed by atoms with van der Waals surface area (Å²) < 4.78 is 5.05. The van der Waals surface area contributed by atoms with Crippen molar-refractivity contribution in [2.75, 3.05) is 5.73 Å². The van der Waals surface area contributed by atoms with Gasteiger partial charge < -0.3 is 20.9 Å². The average molecular weight is 337 g/mol. The van der Waals surface area contributed by atoms with Crippen LogP contribution in [-0.2, 0) is 9.53 Å². The Bertz CT molecular complexity index is 649. The lowest BCUT2D eigenvalue weighted by atomic mass is 10.0. The summed E-state index contributed by atoms with van der Waals surface area (Å²) >= 11 is 4.26. The highest BCUT2D eigenvalue weighted by atomic mass is 32.1. The van der Waals surface area contributed by atoms with Crippen LogP contribution in [0.25, 0.3) is 0 Å². The molecule has 0 aromatic heterocycles. The molecule has 8 heteroatoms. The van der Waals surface area contributed by atoms with Gasteiger partial charge in [0.25, 0.3) is 0 Å². The molecule has 1 rings (SSSR count). The number of thiol groups is 1. The fourth-order valence-electron chi connectivity index (χ4n) is 1.80. The maximum absolute atomic E-state index is 11.8. The summed E-state index contributed by atoms with van der Waals surface area (Å²) in [6, 6.07) is 5.02. The summed E-state index contributed by atoms with van der Waals surface area (Å²) in [5.41, 5.74) is 6.04. The molecule has 2 atom stereocenters. The van der Waals surface area contributed by atoms with E-state index in [9.17, 15) is 14.7 Å². The van der Waals surface area contributed by atoms with E-state index < -0.39 is 29.0 Å². The van der Waals surface area contributed by atoms with Crippen LogP contribution in [0.1, 0.15) is 37.1 Å². The molecular weight excluding hydrogens is 318 g/mol. The van der Waals surface area contributed by atoms with Gasteiger partial charge in [0.15, 0.2) is 0 Å². The Labute approximate surface area is 139 Å². The first-order valence-electron chi connectivity index (χ1n) is 6.75. The molecule has 1 aromatic rings. The fourth-order valence-corrected chi connectivity index (χ4v) is 2.24. The average Bonchev–Trinajstić information content (AvgIpc) is 2.41. The molecule has 0 aliphatic carbocycles. The number of nitrogens with one attached hydrogen (secondary N) is 1. The number of hydrogen-bond donors (Lipinski definition) is 4. The molecule has 0 heterocycles. The standard InChI is InChI=1S/C15H19N3O4S/c1-15(2,3)22-14(21)18-11(13(19)20)12(23)9-5-4-8(7-16)6-10(9)17/h4-6,11-12,23H,17H2,1-3H3,(H,18,21)(H,19,20)/t11-,12?/m0/s1. The van der Waals surface area contributed by atoms with Gasteiger partial charge in [0.2, 0.25) is 0 Å². The number of benzene rings is 1. The molecule has 7 nitrogen and oxygen atoms in total. The van der Waals surface area contributed by atoms with Gasteiger partial charge in [-0.2, -0.15) is 17.9 Å². The van der Waals surface area contributed by atoms with Crippen LogP contribution in [0.3, 0.4) is 0 Å². The summed E-state index contributed by atoms with van der Waals surface area (Å²) in [5.74, 6) is -1.28. The second-order valence-electron chi connectivity index (χ2n) is 5.86. The van der Waals surface area contributed by atoms with Crippen LogP contribution in [-0.4, -0.2) is 28.8 Å². The number of nitrogens with zero attached hydrogens (tertiary/aromatic N) is 1. The molecule has 0 bridgehead atoms. The van der Waals surface area contributed by atoms with E-state index in [1.165, 1.54) is 18.2 Å². The highest BCUT2D eigenvalue weighted by Crippen LogP contribution is 2.30. The number of aliphatic carboxylic acids is 1. The van der Waals surface area contributed by atoms with E-state index in [1.54, 1.807) is 20.8 Å². The smallest absolute Gasteiger partial charge is 0.408 e. The molecule has 0 saturated heterocycles. The highest BCUT2D eigenvalue weighted by Gasteiger charge is 2.31.